The van der Waals surface area contributed by atoms with Crippen LogP contribution in [0.2, 0.25) is 0 Å². The molecular weight excluding hydrogens is 190 g/mol. The Balaban J connectivity index is 2.05. The molecule has 2 aliphatic rings. The van der Waals surface area contributed by atoms with Crippen molar-refractivity contribution in [2.75, 3.05) is 19.8 Å². The Bertz CT molecular complexity index is 246. The van der Waals surface area contributed by atoms with Gasteiger partial charge in [0.2, 0.25) is 0 Å². The van der Waals surface area contributed by atoms with Crippen molar-refractivity contribution in [3.05, 3.63) is 0 Å². The molecule has 2 heterocycles. The molecule has 0 aromatic carbocycles. The van der Waals surface area contributed by atoms with Gasteiger partial charge in [0, 0.05) is 37.6 Å². The van der Waals surface area contributed by atoms with Gasteiger partial charge in [-0.3, -0.25) is 9.69 Å². The van der Waals surface area contributed by atoms with Gasteiger partial charge in [-0.15, -0.1) is 0 Å². The smallest absolute Gasteiger partial charge is 0.135 e. The number of likely N-dealkylation sites (tertiary alicyclic amines) is 1. The second-order valence-electron chi connectivity index (χ2n) is 5.19. The summed E-state index contributed by atoms with van der Waals surface area (Å²) in [5, 5.41) is 0. The molecule has 0 bridgehead atoms. The summed E-state index contributed by atoms with van der Waals surface area (Å²) in [5.41, 5.74) is 0.165. The summed E-state index contributed by atoms with van der Waals surface area (Å²) >= 11 is 0. The van der Waals surface area contributed by atoms with E-state index in [0.717, 1.165) is 39.0 Å². The van der Waals surface area contributed by atoms with Crippen LogP contribution in [0.15, 0.2) is 0 Å². The summed E-state index contributed by atoms with van der Waals surface area (Å²) in [7, 11) is 0. The number of rotatable bonds is 1. The quantitative estimate of drug-likeness (QED) is 0.660. The molecule has 86 valence electrons. The van der Waals surface area contributed by atoms with E-state index in [1.54, 1.807) is 0 Å². The highest BCUT2D eigenvalue weighted by Gasteiger charge is 2.39. The van der Waals surface area contributed by atoms with Crippen molar-refractivity contribution in [3.63, 3.8) is 0 Å². The molecule has 0 amide bonds. The van der Waals surface area contributed by atoms with E-state index in [9.17, 15) is 4.79 Å². The van der Waals surface area contributed by atoms with E-state index in [-0.39, 0.29) is 5.54 Å². The fourth-order valence-electron chi connectivity index (χ4n) is 2.96. The maximum atomic E-state index is 11.3. The second kappa shape index (κ2) is 4.22. The lowest BCUT2D eigenvalue weighted by Crippen LogP contribution is -2.58. The molecule has 15 heavy (non-hydrogen) atoms. The van der Waals surface area contributed by atoms with Crippen LogP contribution in [-0.4, -0.2) is 42.0 Å². The van der Waals surface area contributed by atoms with Crippen LogP contribution in [0.4, 0.5) is 0 Å². The van der Waals surface area contributed by atoms with Gasteiger partial charge >= 0.3 is 0 Å². The molecule has 3 heteroatoms. The summed E-state index contributed by atoms with van der Waals surface area (Å²) in [4.78, 5) is 13.8. The van der Waals surface area contributed by atoms with Gasteiger partial charge in [0.1, 0.15) is 5.78 Å². The summed E-state index contributed by atoms with van der Waals surface area (Å²) in [6.07, 6.45) is 3.79. The number of ketones is 1. The second-order valence-corrected chi connectivity index (χ2v) is 5.19. The zero-order valence-corrected chi connectivity index (χ0v) is 9.79. The molecule has 2 atom stereocenters. The Labute approximate surface area is 91.8 Å². The van der Waals surface area contributed by atoms with E-state index in [1.807, 2.05) is 0 Å². The zero-order chi connectivity index (χ0) is 10.9. The van der Waals surface area contributed by atoms with Crippen LogP contribution in [-0.2, 0) is 9.53 Å². The maximum absolute atomic E-state index is 11.3. The van der Waals surface area contributed by atoms with Gasteiger partial charge in [-0.05, 0) is 26.7 Å². The third-order valence-corrected chi connectivity index (χ3v) is 3.80. The fourth-order valence-corrected chi connectivity index (χ4v) is 2.96. The van der Waals surface area contributed by atoms with Gasteiger partial charge < -0.3 is 4.74 Å². The van der Waals surface area contributed by atoms with E-state index >= 15 is 0 Å². The molecule has 2 unspecified atom stereocenters. The average Bonchev–Trinajstić information content (AvgIpc) is 2.18. The number of carbonyl (C=O) groups is 1. The van der Waals surface area contributed by atoms with Crippen LogP contribution < -0.4 is 0 Å². The van der Waals surface area contributed by atoms with E-state index in [2.05, 4.69) is 18.7 Å². The van der Waals surface area contributed by atoms with Crippen LogP contribution in [0.1, 0.15) is 39.5 Å². The number of hydrogen-bond donors (Lipinski definition) is 0. The van der Waals surface area contributed by atoms with Crippen molar-refractivity contribution in [1.82, 2.24) is 4.90 Å². The van der Waals surface area contributed by atoms with E-state index in [4.69, 9.17) is 4.74 Å². The molecule has 0 aromatic rings. The van der Waals surface area contributed by atoms with Crippen molar-refractivity contribution >= 4 is 5.78 Å². The van der Waals surface area contributed by atoms with Crippen molar-refractivity contribution < 1.29 is 9.53 Å². The Morgan fingerprint density at radius 2 is 2.33 bits per heavy atom. The highest BCUT2D eigenvalue weighted by atomic mass is 16.5. The van der Waals surface area contributed by atoms with Gasteiger partial charge in [0.05, 0.1) is 6.61 Å². The van der Waals surface area contributed by atoms with Crippen LogP contribution in [0, 0.1) is 0 Å². The third kappa shape index (κ3) is 2.23. The highest BCUT2D eigenvalue weighted by molar-refractivity contribution is 5.79. The van der Waals surface area contributed by atoms with Crippen molar-refractivity contribution in [1.29, 1.82) is 0 Å². The first kappa shape index (κ1) is 11.1. The van der Waals surface area contributed by atoms with Crippen LogP contribution >= 0.6 is 0 Å². The molecule has 2 fully saturated rings. The summed E-state index contributed by atoms with van der Waals surface area (Å²) < 4.78 is 5.59. The lowest BCUT2D eigenvalue weighted by Gasteiger charge is -2.48. The first-order valence-electron chi connectivity index (χ1n) is 5.98. The van der Waals surface area contributed by atoms with Gasteiger partial charge in [-0.1, -0.05) is 0 Å². The Hall–Kier alpha value is -0.410. The van der Waals surface area contributed by atoms with Gasteiger partial charge in [-0.25, -0.2) is 0 Å². The molecule has 0 N–H and O–H groups in total. The van der Waals surface area contributed by atoms with Crippen molar-refractivity contribution in [2.24, 2.45) is 0 Å². The molecule has 0 radical (unpaired) electrons. The zero-order valence-electron chi connectivity index (χ0n) is 9.79. The van der Waals surface area contributed by atoms with E-state index in [0.29, 0.717) is 11.8 Å². The minimum Gasteiger partial charge on any atom is -0.380 e. The minimum absolute atomic E-state index is 0.165. The van der Waals surface area contributed by atoms with E-state index < -0.39 is 0 Å². The molecular formula is C12H21NO2. The highest BCUT2D eigenvalue weighted by Crippen LogP contribution is 2.30. The number of piperidine rings is 1. The number of carbonyl (C=O) groups excluding carboxylic acids is 1. The van der Waals surface area contributed by atoms with Gasteiger partial charge in [0.25, 0.3) is 0 Å². The predicted molar refractivity (Wildman–Crippen MR) is 58.9 cm³/mol. The summed E-state index contributed by atoms with van der Waals surface area (Å²) in [6, 6.07) is 0.387. The van der Waals surface area contributed by atoms with Crippen LogP contribution in [0.3, 0.4) is 0 Å². The topological polar surface area (TPSA) is 29.5 Å². The molecule has 0 aliphatic carbocycles. The lowest BCUT2D eigenvalue weighted by atomic mass is 9.88. The van der Waals surface area contributed by atoms with E-state index in [1.165, 1.54) is 6.42 Å². The molecule has 2 rings (SSSR count). The third-order valence-electron chi connectivity index (χ3n) is 3.80. The molecule has 0 spiro atoms. The summed E-state index contributed by atoms with van der Waals surface area (Å²) in [6.45, 7) is 7.08. The molecule has 2 aliphatic heterocycles. The number of nitrogens with zero attached hydrogens (tertiary/aromatic N) is 1. The standard InChI is InChI=1S/C12H21NO2/c1-10-8-11(14)4-6-13(10)12(2)5-3-7-15-9-12/h10H,3-9H2,1-2H3. The lowest BCUT2D eigenvalue weighted by molar-refractivity contribution is -0.128. The number of ether oxygens (including phenoxy) is 1. The molecule has 0 aromatic heterocycles. The average molecular weight is 211 g/mol. The minimum atomic E-state index is 0.165. The number of hydrogen-bond acceptors (Lipinski definition) is 3. The molecule has 0 saturated carbocycles. The Morgan fingerprint density at radius 1 is 1.53 bits per heavy atom. The van der Waals surface area contributed by atoms with Crippen LogP contribution in [0.25, 0.3) is 0 Å². The Morgan fingerprint density at radius 3 is 2.93 bits per heavy atom. The SMILES string of the molecule is CC1CC(=O)CCN1C1(C)CCCOC1. The van der Waals surface area contributed by atoms with Gasteiger partial charge in [-0.2, -0.15) is 0 Å². The number of Topliss-reactive ketones (excluding diaryl/α,β-unsaturated/α-hetero) is 1. The largest absolute Gasteiger partial charge is 0.380 e. The Kier molecular flexibility index (Phi) is 3.12. The first-order valence-corrected chi connectivity index (χ1v) is 5.98. The van der Waals surface area contributed by atoms with Gasteiger partial charge in [0.15, 0.2) is 0 Å². The fraction of sp³-hybridized carbons (Fsp3) is 0.917. The monoisotopic (exact) mass is 211 g/mol. The van der Waals surface area contributed by atoms with Crippen molar-refractivity contribution in [2.45, 2.75) is 51.1 Å². The van der Waals surface area contributed by atoms with Crippen molar-refractivity contribution in [3.8, 4) is 0 Å². The van der Waals surface area contributed by atoms with Crippen LogP contribution in [0.5, 0.6) is 0 Å². The normalized spacial score (nSPS) is 39.3. The summed E-state index contributed by atoms with van der Waals surface area (Å²) in [5.74, 6) is 0.416. The molecule has 3 nitrogen and oxygen atoms in total. The molecule has 2 saturated heterocycles. The first-order chi connectivity index (χ1) is 7.12. The predicted octanol–water partition coefficient (Wildman–Crippen LogP) is 1.61. The maximum Gasteiger partial charge on any atom is 0.135 e.